The lowest BCUT2D eigenvalue weighted by Gasteiger charge is -2.36. The van der Waals surface area contributed by atoms with Gasteiger partial charge in [-0.15, -0.1) is 24.0 Å². The zero-order valence-electron chi connectivity index (χ0n) is 16.4. The maximum absolute atomic E-state index is 4.62. The molecular formula is C18H32IN7S. The van der Waals surface area contributed by atoms with E-state index >= 15 is 0 Å². The molecule has 2 aliphatic heterocycles. The van der Waals surface area contributed by atoms with Crippen molar-refractivity contribution in [3.05, 3.63) is 5.82 Å². The number of aryl methyl sites for hydroxylation is 1. The van der Waals surface area contributed by atoms with E-state index < -0.39 is 0 Å². The molecule has 1 N–H and O–H groups in total. The van der Waals surface area contributed by atoms with Gasteiger partial charge in [-0.2, -0.15) is 4.37 Å². The minimum atomic E-state index is 0. The van der Waals surface area contributed by atoms with E-state index in [0.717, 1.165) is 68.0 Å². The summed E-state index contributed by atoms with van der Waals surface area (Å²) in [7, 11) is 1.90. The van der Waals surface area contributed by atoms with Crippen molar-refractivity contribution in [1.29, 1.82) is 0 Å². The van der Waals surface area contributed by atoms with Crippen LogP contribution in [0.5, 0.6) is 0 Å². The van der Waals surface area contributed by atoms with Crippen LogP contribution in [0.4, 0.5) is 5.13 Å². The summed E-state index contributed by atoms with van der Waals surface area (Å²) in [5.74, 6) is 2.78. The highest BCUT2D eigenvalue weighted by molar-refractivity contribution is 14.0. The number of guanidine groups is 1. The molecular weight excluding hydrogens is 473 g/mol. The number of aromatic nitrogens is 2. The number of aliphatic imine (C=N–C) groups is 1. The minimum absolute atomic E-state index is 0. The Hall–Kier alpha value is -0.680. The van der Waals surface area contributed by atoms with Crippen LogP contribution < -0.4 is 10.2 Å². The van der Waals surface area contributed by atoms with Crippen LogP contribution in [0, 0.1) is 5.92 Å². The molecule has 1 unspecified atom stereocenters. The van der Waals surface area contributed by atoms with Crippen LogP contribution in [0.2, 0.25) is 0 Å². The van der Waals surface area contributed by atoms with Crippen LogP contribution in [-0.2, 0) is 6.42 Å². The topological polar surface area (TPSA) is 59.9 Å². The summed E-state index contributed by atoms with van der Waals surface area (Å²) in [6.07, 6.45) is 5.07. The molecule has 1 aliphatic carbocycles. The Labute approximate surface area is 183 Å². The molecule has 7 nitrogen and oxygen atoms in total. The zero-order chi connectivity index (χ0) is 17.9. The van der Waals surface area contributed by atoms with Gasteiger partial charge >= 0.3 is 0 Å². The fourth-order valence-electron chi connectivity index (χ4n) is 3.99. The van der Waals surface area contributed by atoms with E-state index in [1.54, 1.807) is 0 Å². The van der Waals surface area contributed by atoms with Crippen LogP contribution in [0.15, 0.2) is 4.99 Å². The average Bonchev–Trinajstić information content (AvgIpc) is 3.23. The maximum Gasteiger partial charge on any atom is 0.205 e. The third-order valence-corrected chi connectivity index (χ3v) is 6.58. The van der Waals surface area contributed by atoms with Gasteiger partial charge in [0.2, 0.25) is 5.13 Å². The van der Waals surface area contributed by atoms with Crippen molar-refractivity contribution in [3.63, 3.8) is 0 Å². The molecule has 0 bridgehead atoms. The Bertz CT molecular complexity index is 625. The van der Waals surface area contributed by atoms with Gasteiger partial charge in [-0.3, -0.25) is 4.99 Å². The van der Waals surface area contributed by atoms with Gasteiger partial charge in [-0.05, 0) is 31.7 Å². The van der Waals surface area contributed by atoms with E-state index in [0.29, 0.717) is 0 Å². The van der Waals surface area contributed by atoms with Gasteiger partial charge in [0, 0.05) is 70.3 Å². The lowest BCUT2D eigenvalue weighted by atomic mass is 10.1. The number of piperazine rings is 1. The molecule has 0 aromatic carbocycles. The van der Waals surface area contributed by atoms with Crippen LogP contribution in [0.25, 0.3) is 0 Å². The van der Waals surface area contributed by atoms with Gasteiger partial charge in [0.1, 0.15) is 5.82 Å². The van der Waals surface area contributed by atoms with Gasteiger partial charge in [-0.25, -0.2) is 4.98 Å². The van der Waals surface area contributed by atoms with E-state index in [4.69, 9.17) is 0 Å². The Balaban J connectivity index is 0.00000210. The van der Waals surface area contributed by atoms with E-state index in [-0.39, 0.29) is 24.0 Å². The molecule has 1 aromatic rings. The summed E-state index contributed by atoms with van der Waals surface area (Å²) in [5, 5.41) is 4.70. The lowest BCUT2D eigenvalue weighted by Crippen LogP contribution is -2.53. The van der Waals surface area contributed by atoms with E-state index in [9.17, 15) is 0 Å². The Morgan fingerprint density at radius 3 is 2.59 bits per heavy atom. The van der Waals surface area contributed by atoms with Crippen molar-refractivity contribution in [2.24, 2.45) is 10.9 Å². The highest BCUT2D eigenvalue weighted by Gasteiger charge is 2.34. The zero-order valence-corrected chi connectivity index (χ0v) is 19.6. The van der Waals surface area contributed by atoms with Crippen molar-refractivity contribution in [3.8, 4) is 0 Å². The standard InChI is InChI=1S/C18H31N7S.HI/c1-3-16-21-18(26-22-16)24-10-8-23(9-11-24)17(19-2)20-12-14-6-7-25(13-14)15-4-5-15;/h14-15H,3-13H2,1-2H3,(H,19,20);1H. The molecule has 1 atom stereocenters. The summed E-state index contributed by atoms with van der Waals surface area (Å²) in [6, 6.07) is 0.904. The first-order chi connectivity index (χ1) is 12.8. The molecule has 3 heterocycles. The first-order valence-corrected chi connectivity index (χ1v) is 10.8. The van der Waals surface area contributed by atoms with Crippen molar-refractivity contribution in [2.75, 3.05) is 57.8 Å². The lowest BCUT2D eigenvalue weighted by molar-refractivity contribution is 0.312. The number of hydrogen-bond donors (Lipinski definition) is 1. The van der Waals surface area contributed by atoms with Crippen LogP contribution in [-0.4, -0.2) is 84.0 Å². The average molecular weight is 505 g/mol. The second-order valence-electron chi connectivity index (χ2n) is 7.63. The smallest absolute Gasteiger partial charge is 0.205 e. The highest BCUT2D eigenvalue weighted by Crippen LogP contribution is 2.31. The SMILES string of the molecule is CCc1nsc(N2CCN(C(=NC)NCC3CCN(C4CC4)C3)CC2)n1.I. The van der Waals surface area contributed by atoms with Gasteiger partial charge in [0.25, 0.3) is 0 Å². The van der Waals surface area contributed by atoms with Crippen molar-refractivity contribution in [1.82, 2.24) is 24.5 Å². The molecule has 3 aliphatic rings. The van der Waals surface area contributed by atoms with E-state index in [1.165, 1.54) is 43.9 Å². The Morgan fingerprint density at radius 1 is 1.19 bits per heavy atom. The number of hydrogen-bond acceptors (Lipinski definition) is 6. The van der Waals surface area contributed by atoms with Crippen molar-refractivity contribution in [2.45, 2.75) is 38.6 Å². The minimum Gasteiger partial charge on any atom is -0.356 e. The third kappa shape index (κ3) is 5.23. The van der Waals surface area contributed by atoms with Crippen LogP contribution in [0.3, 0.4) is 0 Å². The second kappa shape index (κ2) is 9.69. The van der Waals surface area contributed by atoms with Gasteiger partial charge in [-0.1, -0.05) is 6.92 Å². The molecule has 1 aromatic heterocycles. The first-order valence-electron chi connectivity index (χ1n) is 10.0. The van der Waals surface area contributed by atoms with Gasteiger partial charge in [0.15, 0.2) is 5.96 Å². The summed E-state index contributed by atoms with van der Waals surface area (Å²) in [6.45, 7) is 9.64. The number of nitrogens with one attached hydrogen (secondary N) is 1. The molecule has 9 heteroatoms. The first kappa shape index (κ1) is 21.0. The van der Waals surface area contributed by atoms with Crippen LogP contribution >= 0.6 is 35.5 Å². The van der Waals surface area contributed by atoms with E-state index in [2.05, 4.69) is 41.3 Å². The fraction of sp³-hybridized carbons (Fsp3) is 0.833. The van der Waals surface area contributed by atoms with E-state index in [1.807, 2.05) is 7.05 Å². The highest BCUT2D eigenvalue weighted by atomic mass is 127. The molecule has 27 heavy (non-hydrogen) atoms. The quantitative estimate of drug-likeness (QED) is 0.375. The largest absolute Gasteiger partial charge is 0.356 e. The summed E-state index contributed by atoms with van der Waals surface area (Å²) in [4.78, 5) is 16.6. The summed E-state index contributed by atoms with van der Waals surface area (Å²) in [5.41, 5.74) is 0. The normalized spacial score (nSPS) is 24.2. The Kier molecular flexibility index (Phi) is 7.55. The maximum atomic E-state index is 4.62. The molecule has 152 valence electrons. The molecule has 3 fully saturated rings. The summed E-state index contributed by atoms with van der Waals surface area (Å²) < 4.78 is 4.41. The second-order valence-corrected chi connectivity index (χ2v) is 8.36. The van der Waals surface area contributed by atoms with Gasteiger partial charge in [0.05, 0.1) is 0 Å². The molecule has 1 saturated carbocycles. The third-order valence-electron chi connectivity index (χ3n) is 5.76. The number of nitrogens with zero attached hydrogens (tertiary/aromatic N) is 6. The molecule has 0 amide bonds. The van der Waals surface area contributed by atoms with Crippen molar-refractivity contribution < 1.29 is 0 Å². The number of likely N-dealkylation sites (tertiary alicyclic amines) is 1. The molecule has 4 rings (SSSR count). The fourth-order valence-corrected chi connectivity index (χ4v) is 4.80. The summed E-state index contributed by atoms with van der Waals surface area (Å²) >= 11 is 1.53. The molecule has 2 saturated heterocycles. The van der Waals surface area contributed by atoms with Gasteiger partial charge < -0.3 is 20.0 Å². The van der Waals surface area contributed by atoms with Crippen LogP contribution in [0.1, 0.15) is 32.0 Å². The van der Waals surface area contributed by atoms with Crippen molar-refractivity contribution >= 4 is 46.6 Å². The number of rotatable bonds is 5. The number of anilines is 1. The monoisotopic (exact) mass is 505 g/mol. The molecule has 0 spiro atoms. The number of halogens is 1. The Morgan fingerprint density at radius 2 is 1.96 bits per heavy atom. The predicted octanol–water partition coefficient (Wildman–Crippen LogP) is 1.90. The predicted molar refractivity (Wildman–Crippen MR) is 123 cm³/mol. The molecule has 0 radical (unpaired) electrons.